The van der Waals surface area contributed by atoms with Crippen molar-refractivity contribution in [3.63, 3.8) is 0 Å². The number of hydrogen-bond acceptors (Lipinski definition) is 2. The first-order chi connectivity index (χ1) is 9.09. The Hall–Kier alpha value is -0.800. The molecule has 0 radical (unpaired) electrons. The maximum Gasteiger partial charge on any atom is 0.123 e. The molecule has 0 aromatic heterocycles. The zero-order valence-corrected chi connectivity index (χ0v) is 13.0. The number of fused-ring (bicyclic) bond motifs is 1. The van der Waals surface area contributed by atoms with E-state index in [1.165, 1.54) is 25.3 Å². The van der Waals surface area contributed by atoms with E-state index < -0.39 is 0 Å². The smallest absolute Gasteiger partial charge is 0.123 e. The van der Waals surface area contributed by atoms with Crippen LogP contribution in [0.5, 0.6) is 5.75 Å². The van der Waals surface area contributed by atoms with E-state index in [2.05, 4.69) is 19.0 Å². The lowest BCUT2D eigenvalue weighted by Gasteiger charge is -2.41. The summed E-state index contributed by atoms with van der Waals surface area (Å²) >= 11 is 0. The van der Waals surface area contributed by atoms with Gasteiger partial charge in [-0.15, -0.1) is 12.4 Å². The molecule has 1 aromatic rings. The molecule has 0 saturated heterocycles. The van der Waals surface area contributed by atoms with Crippen molar-refractivity contribution in [2.45, 2.75) is 37.7 Å². The molecule has 2 aliphatic rings. The van der Waals surface area contributed by atoms with Crippen LogP contribution in [0.25, 0.3) is 0 Å². The van der Waals surface area contributed by atoms with Crippen molar-refractivity contribution < 1.29 is 9.13 Å². The minimum absolute atomic E-state index is 0. The van der Waals surface area contributed by atoms with Crippen molar-refractivity contribution in [2.75, 3.05) is 20.6 Å². The summed E-state index contributed by atoms with van der Waals surface area (Å²) in [5.41, 5.74) is 0.962. The highest BCUT2D eigenvalue weighted by Crippen LogP contribution is 2.46. The summed E-state index contributed by atoms with van der Waals surface area (Å²) in [6.07, 6.45) is 5.70. The standard InChI is InChI=1S/C16H22FNO.ClH/c1-18(2)11-13-5-3-4-8-16(13)10-12-9-14(17)6-7-15(12)19-16;/h6-7,9,13H,3-5,8,10-11H2,1-2H3;1H. The molecule has 1 spiro atoms. The first-order valence-corrected chi connectivity index (χ1v) is 7.21. The molecule has 1 saturated carbocycles. The topological polar surface area (TPSA) is 12.5 Å². The zero-order chi connectivity index (χ0) is 13.5. The van der Waals surface area contributed by atoms with Crippen molar-refractivity contribution in [1.29, 1.82) is 0 Å². The molecule has 0 bridgehead atoms. The maximum absolute atomic E-state index is 13.4. The van der Waals surface area contributed by atoms with Crippen molar-refractivity contribution in [3.8, 4) is 5.75 Å². The number of ether oxygens (including phenoxy) is 1. The third-order valence-corrected chi connectivity index (χ3v) is 4.56. The van der Waals surface area contributed by atoms with E-state index in [-0.39, 0.29) is 23.8 Å². The normalized spacial score (nSPS) is 28.1. The summed E-state index contributed by atoms with van der Waals surface area (Å²) in [6.45, 7) is 1.05. The van der Waals surface area contributed by atoms with Crippen molar-refractivity contribution in [2.24, 2.45) is 5.92 Å². The van der Waals surface area contributed by atoms with Gasteiger partial charge in [0.25, 0.3) is 0 Å². The van der Waals surface area contributed by atoms with Gasteiger partial charge in [0.1, 0.15) is 17.2 Å². The second-order valence-corrected chi connectivity index (χ2v) is 6.30. The Labute approximate surface area is 126 Å². The quantitative estimate of drug-likeness (QED) is 0.826. The van der Waals surface area contributed by atoms with Crippen LogP contribution in [0.1, 0.15) is 31.2 Å². The van der Waals surface area contributed by atoms with E-state index in [0.717, 1.165) is 30.7 Å². The minimum Gasteiger partial charge on any atom is -0.486 e. The van der Waals surface area contributed by atoms with Crippen LogP contribution in [-0.4, -0.2) is 31.1 Å². The average Bonchev–Trinajstić information content (AvgIpc) is 2.70. The Balaban J connectivity index is 0.00000147. The van der Waals surface area contributed by atoms with Crippen LogP contribution in [-0.2, 0) is 6.42 Å². The second-order valence-electron chi connectivity index (χ2n) is 6.30. The molecule has 1 heterocycles. The van der Waals surface area contributed by atoms with Crippen LogP contribution >= 0.6 is 12.4 Å². The predicted molar refractivity (Wildman–Crippen MR) is 81.2 cm³/mol. The second kappa shape index (κ2) is 5.90. The van der Waals surface area contributed by atoms with Crippen molar-refractivity contribution >= 4 is 12.4 Å². The third-order valence-electron chi connectivity index (χ3n) is 4.56. The molecule has 3 rings (SSSR count). The molecule has 0 amide bonds. The van der Waals surface area contributed by atoms with Gasteiger partial charge in [-0.2, -0.15) is 0 Å². The van der Waals surface area contributed by atoms with Crippen molar-refractivity contribution in [3.05, 3.63) is 29.6 Å². The fraction of sp³-hybridized carbons (Fsp3) is 0.625. The number of hydrogen-bond donors (Lipinski definition) is 0. The highest BCUT2D eigenvalue weighted by Gasteiger charge is 2.47. The SMILES string of the molecule is CN(C)CC1CCCCC12Cc1cc(F)ccc1O2.Cl. The third kappa shape index (κ3) is 2.79. The highest BCUT2D eigenvalue weighted by atomic mass is 35.5. The lowest BCUT2D eigenvalue weighted by molar-refractivity contribution is -0.0150. The van der Waals surface area contributed by atoms with Crippen molar-refractivity contribution in [1.82, 2.24) is 4.90 Å². The molecule has 1 fully saturated rings. The van der Waals surface area contributed by atoms with Gasteiger partial charge in [-0.1, -0.05) is 6.42 Å². The average molecular weight is 300 g/mol. The molecule has 1 aromatic carbocycles. The molecule has 2 unspecified atom stereocenters. The lowest BCUT2D eigenvalue weighted by Crippen LogP contribution is -2.48. The number of rotatable bonds is 2. The molecule has 2 nitrogen and oxygen atoms in total. The molecule has 20 heavy (non-hydrogen) atoms. The van der Waals surface area contributed by atoms with Crippen LogP contribution in [0.3, 0.4) is 0 Å². The monoisotopic (exact) mass is 299 g/mol. The van der Waals surface area contributed by atoms with Gasteiger partial charge in [0.05, 0.1) is 0 Å². The van der Waals surface area contributed by atoms with Gasteiger partial charge >= 0.3 is 0 Å². The molecule has 0 N–H and O–H groups in total. The molecule has 4 heteroatoms. The summed E-state index contributed by atoms with van der Waals surface area (Å²) in [6, 6.07) is 4.94. The molecule has 1 aliphatic heterocycles. The van der Waals surface area contributed by atoms with Crippen LogP contribution in [0.2, 0.25) is 0 Å². The van der Waals surface area contributed by atoms with Gasteiger partial charge in [-0.25, -0.2) is 4.39 Å². The Morgan fingerprint density at radius 1 is 1.35 bits per heavy atom. The van der Waals surface area contributed by atoms with Gasteiger partial charge < -0.3 is 9.64 Å². The molecular formula is C16H23ClFNO. The van der Waals surface area contributed by atoms with Gasteiger partial charge in [0, 0.05) is 24.4 Å². The van der Waals surface area contributed by atoms with Gasteiger partial charge in [0.2, 0.25) is 0 Å². The first-order valence-electron chi connectivity index (χ1n) is 7.21. The van der Waals surface area contributed by atoms with Gasteiger partial charge in [0.15, 0.2) is 0 Å². The highest BCUT2D eigenvalue weighted by molar-refractivity contribution is 5.85. The van der Waals surface area contributed by atoms with E-state index in [1.807, 2.05) is 0 Å². The number of benzene rings is 1. The number of nitrogens with zero attached hydrogens (tertiary/aromatic N) is 1. The van der Waals surface area contributed by atoms with Crippen LogP contribution in [0.15, 0.2) is 18.2 Å². The Kier molecular flexibility index (Phi) is 4.60. The fourth-order valence-corrected chi connectivity index (χ4v) is 3.71. The van der Waals surface area contributed by atoms with Gasteiger partial charge in [-0.3, -0.25) is 0 Å². The van der Waals surface area contributed by atoms with Gasteiger partial charge in [-0.05, 0) is 51.6 Å². The summed E-state index contributed by atoms with van der Waals surface area (Å²) in [5, 5.41) is 0. The zero-order valence-electron chi connectivity index (χ0n) is 12.2. The molecule has 1 aliphatic carbocycles. The van der Waals surface area contributed by atoms with E-state index in [4.69, 9.17) is 4.74 Å². The summed E-state index contributed by atoms with van der Waals surface area (Å²) in [7, 11) is 4.23. The Morgan fingerprint density at radius 3 is 2.90 bits per heavy atom. The van der Waals surface area contributed by atoms with Crippen LogP contribution in [0.4, 0.5) is 4.39 Å². The maximum atomic E-state index is 13.4. The first kappa shape index (κ1) is 15.6. The van der Waals surface area contributed by atoms with E-state index in [0.29, 0.717) is 5.92 Å². The summed E-state index contributed by atoms with van der Waals surface area (Å²) in [5.74, 6) is 1.29. The minimum atomic E-state index is -0.153. The fourth-order valence-electron chi connectivity index (χ4n) is 3.71. The van der Waals surface area contributed by atoms with Crippen LogP contribution < -0.4 is 4.74 Å². The Bertz CT molecular complexity index is 480. The van der Waals surface area contributed by atoms with Crippen LogP contribution in [0, 0.1) is 11.7 Å². The molecular weight excluding hydrogens is 277 g/mol. The van der Waals surface area contributed by atoms with E-state index >= 15 is 0 Å². The summed E-state index contributed by atoms with van der Waals surface area (Å²) < 4.78 is 19.7. The Morgan fingerprint density at radius 2 is 2.15 bits per heavy atom. The number of halogens is 2. The summed E-state index contributed by atoms with van der Waals surface area (Å²) in [4.78, 5) is 2.24. The molecule has 2 atom stereocenters. The van der Waals surface area contributed by atoms with E-state index in [9.17, 15) is 4.39 Å². The molecule has 112 valence electrons. The van der Waals surface area contributed by atoms with E-state index in [1.54, 1.807) is 12.1 Å². The predicted octanol–water partition coefficient (Wildman–Crippen LogP) is 3.67. The largest absolute Gasteiger partial charge is 0.486 e. The lowest BCUT2D eigenvalue weighted by atomic mass is 9.73.